The van der Waals surface area contributed by atoms with Gasteiger partial charge >= 0.3 is 7.60 Å². The summed E-state index contributed by atoms with van der Waals surface area (Å²) in [5.41, 5.74) is 2.24. The van der Waals surface area contributed by atoms with Gasteiger partial charge in [0.15, 0.2) is 4.99 Å². The van der Waals surface area contributed by atoms with Gasteiger partial charge in [-0.2, -0.15) is 8.42 Å². The lowest BCUT2D eigenvalue weighted by Crippen LogP contribution is -2.20. The molecule has 0 fully saturated rings. The molecule has 9 heteroatoms. The van der Waals surface area contributed by atoms with Crippen molar-refractivity contribution in [3.63, 3.8) is 0 Å². The minimum Gasteiger partial charge on any atom is -0.497 e. The molecule has 1 rings (SSSR count). The molecule has 3 N–H and O–H groups in total. The molecular formula is C16H25O7PS. The molecule has 1 aromatic carbocycles. The maximum Gasteiger partial charge on any atom is 0.346 e. The number of aryl methyl sites for hydroxylation is 1. The molecule has 0 spiro atoms. The van der Waals surface area contributed by atoms with Gasteiger partial charge in [0.05, 0.1) is 7.11 Å². The van der Waals surface area contributed by atoms with Crippen LogP contribution in [0, 0.1) is 0 Å². The smallest absolute Gasteiger partial charge is 0.346 e. The normalized spacial score (nSPS) is 14.4. The minimum absolute atomic E-state index is 0.256. The van der Waals surface area contributed by atoms with E-state index in [1.165, 1.54) is 0 Å². The fourth-order valence-electron chi connectivity index (χ4n) is 2.40. The fraction of sp³-hybridized carbons (Fsp3) is 0.500. The Kier molecular flexibility index (Phi) is 8.31. The second-order valence-electron chi connectivity index (χ2n) is 5.89. The Hall–Kier alpha value is -1.18. The summed E-state index contributed by atoms with van der Waals surface area (Å²) < 4.78 is 47.4. The van der Waals surface area contributed by atoms with E-state index >= 15 is 0 Å². The van der Waals surface area contributed by atoms with Gasteiger partial charge < -0.3 is 14.5 Å². The molecule has 0 aliphatic carbocycles. The average Bonchev–Trinajstić information content (AvgIpc) is 2.50. The number of allylic oxidation sites excluding steroid dienone is 2. The highest BCUT2D eigenvalue weighted by Gasteiger charge is 2.38. The number of methoxy groups -OCH3 is 1. The van der Waals surface area contributed by atoms with E-state index in [0.29, 0.717) is 6.42 Å². The Morgan fingerprint density at radius 2 is 2.04 bits per heavy atom. The van der Waals surface area contributed by atoms with Crippen LogP contribution in [0.2, 0.25) is 0 Å². The standard InChI is InChI=1S/C16H25O7PS/c1-13(10-11-14-7-5-8-15(12-14)23-2)6-3-4-9-16(24(17,18)19)25(20,21)22/h5-8,12,16H,3-4,9-11H2,1-2H3,(H2,17,18,19)(H,20,21,22). The van der Waals surface area contributed by atoms with Crippen molar-refractivity contribution in [1.29, 1.82) is 0 Å². The molecule has 0 aliphatic heterocycles. The molecule has 0 bridgehead atoms. The van der Waals surface area contributed by atoms with E-state index in [9.17, 15) is 13.0 Å². The first-order chi connectivity index (χ1) is 11.5. The van der Waals surface area contributed by atoms with E-state index < -0.39 is 22.7 Å². The molecule has 1 aromatic rings. The van der Waals surface area contributed by atoms with E-state index in [1.807, 2.05) is 37.3 Å². The zero-order valence-corrected chi connectivity index (χ0v) is 16.0. The van der Waals surface area contributed by atoms with E-state index in [2.05, 4.69) is 0 Å². The quantitative estimate of drug-likeness (QED) is 0.242. The number of rotatable bonds is 10. The zero-order chi connectivity index (χ0) is 19.1. The first kappa shape index (κ1) is 21.9. The van der Waals surface area contributed by atoms with Crippen molar-refractivity contribution in [2.75, 3.05) is 7.11 Å². The van der Waals surface area contributed by atoms with Gasteiger partial charge in [-0.15, -0.1) is 0 Å². The molecule has 0 saturated heterocycles. The topological polar surface area (TPSA) is 121 Å². The Bertz CT molecular complexity index is 737. The third-order valence-corrected chi connectivity index (χ3v) is 7.36. The van der Waals surface area contributed by atoms with Gasteiger partial charge in [0.25, 0.3) is 10.1 Å². The van der Waals surface area contributed by atoms with Crippen LogP contribution in [0.1, 0.15) is 38.2 Å². The van der Waals surface area contributed by atoms with E-state index in [4.69, 9.17) is 19.1 Å². The van der Waals surface area contributed by atoms with Crippen molar-refractivity contribution in [2.24, 2.45) is 0 Å². The van der Waals surface area contributed by atoms with Crippen molar-refractivity contribution in [3.8, 4) is 5.75 Å². The Morgan fingerprint density at radius 1 is 1.36 bits per heavy atom. The number of unbranched alkanes of at least 4 members (excludes halogenated alkanes) is 1. The molecule has 1 atom stereocenters. The summed E-state index contributed by atoms with van der Waals surface area (Å²) in [5.74, 6) is 0.799. The Morgan fingerprint density at radius 3 is 2.60 bits per heavy atom. The van der Waals surface area contributed by atoms with Crippen LogP contribution in [0.4, 0.5) is 0 Å². The lowest BCUT2D eigenvalue weighted by atomic mass is 10.0. The molecule has 0 radical (unpaired) electrons. The lowest BCUT2D eigenvalue weighted by Gasteiger charge is -2.14. The molecule has 0 saturated carbocycles. The molecule has 25 heavy (non-hydrogen) atoms. The monoisotopic (exact) mass is 392 g/mol. The second-order valence-corrected chi connectivity index (χ2v) is 9.64. The predicted octanol–water partition coefficient (Wildman–Crippen LogP) is 3.14. The Labute approximate surface area is 148 Å². The van der Waals surface area contributed by atoms with Crippen LogP contribution in [0.15, 0.2) is 35.9 Å². The zero-order valence-electron chi connectivity index (χ0n) is 14.3. The summed E-state index contributed by atoms with van der Waals surface area (Å²) >= 11 is 0. The number of benzene rings is 1. The van der Waals surface area contributed by atoms with Crippen LogP contribution < -0.4 is 4.74 Å². The van der Waals surface area contributed by atoms with Crippen LogP contribution in [0.3, 0.4) is 0 Å². The maximum atomic E-state index is 11.1. The van der Waals surface area contributed by atoms with Crippen molar-refractivity contribution in [3.05, 3.63) is 41.5 Å². The van der Waals surface area contributed by atoms with E-state index in [0.717, 1.165) is 29.7 Å². The first-order valence-corrected chi connectivity index (χ1v) is 11.0. The number of hydrogen-bond donors (Lipinski definition) is 3. The summed E-state index contributed by atoms with van der Waals surface area (Å²) in [7, 11) is -8.05. The van der Waals surface area contributed by atoms with E-state index in [1.54, 1.807) is 7.11 Å². The number of hydrogen-bond acceptors (Lipinski definition) is 4. The van der Waals surface area contributed by atoms with Crippen molar-refractivity contribution in [2.45, 2.75) is 44.0 Å². The third-order valence-electron chi connectivity index (χ3n) is 3.81. The summed E-state index contributed by atoms with van der Waals surface area (Å²) in [6, 6.07) is 7.76. The maximum absolute atomic E-state index is 11.1. The van der Waals surface area contributed by atoms with Gasteiger partial charge in [-0.1, -0.05) is 23.8 Å². The molecule has 0 aromatic heterocycles. The molecule has 0 amide bonds. The van der Waals surface area contributed by atoms with Gasteiger partial charge in [0.1, 0.15) is 5.75 Å². The van der Waals surface area contributed by atoms with Crippen molar-refractivity contribution in [1.82, 2.24) is 0 Å². The summed E-state index contributed by atoms with van der Waals surface area (Å²) in [6.07, 6.45) is 4.01. The van der Waals surface area contributed by atoms with Crippen molar-refractivity contribution >= 4 is 17.7 Å². The first-order valence-electron chi connectivity index (χ1n) is 7.84. The average molecular weight is 392 g/mol. The van der Waals surface area contributed by atoms with Gasteiger partial charge in [0, 0.05) is 0 Å². The summed E-state index contributed by atoms with van der Waals surface area (Å²) in [6.45, 7) is 1.95. The van der Waals surface area contributed by atoms with Gasteiger partial charge in [-0.05, 0) is 56.7 Å². The number of ether oxygens (including phenoxy) is 1. The molecule has 7 nitrogen and oxygen atoms in total. The highest BCUT2D eigenvalue weighted by molar-refractivity contribution is 7.93. The summed E-state index contributed by atoms with van der Waals surface area (Å²) in [4.78, 5) is 16.0. The molecule has 1 unspecified atom stereocenters. The molecule has 0 aliphatic rings. The highest BCUT2D eigenvalue weighted by atomic mass is 32.2. The largest absolute Gasteiger partial charge is 0.497 e. The Balaban J connectivity index is 2.48. The van der Waals surface area contributed by atoms with E-state index in [-0.39, 0.29) is 12.8 Å². The third kappa shape index (κ3) is 8.16. The predicted molar refractivity (Wildman–Crippen MR) is 96.3 cm³/mol. The highest BCUT2D eigenvalue weighted by Crippen LogP contribution is 2.46. The SMILES string of the molecule is COc1cccc(CCC(C)=CCCCC(P(=O)(O)O)S(=O)(=O)O)c1. The minimum atomic E-state index is -4.89. The summed E-state index contributed by atoms with van der Waals surface area (Å²) in [5, 5.41) is 0. The van der Waals surface area contributed by atoms with Gasteiger partial charge in [-0.25, -0.2) is 0 Å². The molecule has 142 valence electrons. The fourth-order valence-corrected chi connectivity index (χ4v) is 4.77. The van der Waals surface area contributed by atoms with Crippen LogP contribution in [-0.2, 0) is 21.1 Å². The van der Waals surface area contributed by atoms with Crippen LogP contribution in [-0.4, -0.2) is 34.9 Å². The van der Waals surface area contributed by atoms with Gasteiger partial charge in [0.2, 0.25) is 0 Å². The van der Waals surface area contributed by atoms with Crippen LogP contribution >= 0.6 is 7.60 Å². The van der Waals surface area contributed by atoms with Crippen LogP contribution in [0.25, 0.3) is 0 Å². The lowest BCUT2D eigenvalue weighted by molar-refractivity contribution is 0.360. The molecular weight excluding hydrogens is 367 g/mol. The van der Waals surface area contributed by atoms with Crippen LogP contribution in [0.5, 0.6) is 5.75 Å². The second kappa shape index (κ2) is 9.50. The van der Waals surface area contributed by atoms with Gasteiger partial charge in [-0.3, -0.25) is 9.12 Å². The van der Waals surface area contributed by atoms with Crippen molar-refractivity contribution < 1.29 is 32.1 Å². The molecule has 0 heterocycles.